The molecule has 0 saturated carbocycles. The monoisotopic (exact) mass is 280 g/mol. The number of carbonyl (C=O) groups excluding carboxylic acids is 1. The summed E-state index contributed by atoms with van der Waals surface area (Å²) in [4.78, 5) is 11.0. The van der Waals surface area contributed by atoms with Crippen LogP contribution in [0, 0.1) is 0 Å². The van der Waals surface area contributed by atoms with Gasteiger partial charge in [0.15, 0.2) is 0 Å². The predicted molar refractivity (Wildman–Crippen MR) is 74.4 cm³/mol. The van der Waals surface area contributed by atoms with Crippen LogP contribution in [-0.4, -0.2) is 21.8 Å². The average molecular weight is 281 g/mol. The van der Waals surface area contributed by atoms with Crippen LogP contribution < -0.4 is 10.6 Å². The van der Waals surface area contributed by atoms with E-state index in [1.54, 1.807) is 0 Å². The van der Waals surface area contributed by atoms with E-state index in [1.807, 2.05) is 41.5 Å². The molecule has 0 aliphatic rings. The van der Waals surface area contributed by atoms with Crippen molar-refractivity contribution in [1.29, 1.82) is 0 Å². The normalized spacial score (nSPS) is 13.8. The Labute approximate surface area is 114 Å². The Hall–Kier alpha value is -0.410. The van der Waals surface area contributed by atoms with Crippen LogP contribution in [-0.2, 0) is 4.79 Å². The zero-order valence-corrected chi connectivity index (χ0v) is 12.8. The molecule has 0 atom stereocenters. The van der Waals surface area contributed by atoms with Crippen LogP contribution in [0.3, 0.4) is 0 Å². The van der Waals surface area contributed by atoms with Gasteiger partial charge in [-0.1, -0.05) is 23.2 Å². The molecule has 5 heteroatoms. The largest absolute Gasteiger partial charge is 0.381 e. The minimum Gasteiger partial charge on any atom is -0.381 e. The standard InChI is InChI=1S/C12H22Cl2N2O/c1-11(2,3)15-8(10(13)14)7-9(17)16-12(4,5)6/h7,10,15H,1-6H3,(H,16,17)/b8-7+. The van der Waals surface area contributed by atoms with Crippen LogP contribution in [0.15, 0.2) is 11.8 Å². The highest BCUT2D eigenvalue weighted by Crippen LogP contribution is 2.15. The van der Waals surface area contributed by atoms with Gasteiger partial charge in [0.1, 0.15) is 4.84 Å². The lowest BCUT2D eigenvalue weighted by atomic mass is 10.1. The number of alkyl halides is 2. The topological polar surface area (TPSA) is 41.1 Å². The summed E-state index contributed by atoms with van der Waals surface area (Å²) in [6, 6.07) is 0. The van der Waals surface area contributed by atoms with Crippen molar-refractivity contribution < 1.29 is 4.79 Å². The van der Waals surface area contributed by atoms with Crippen LogP contribution in [0.2, 0.25) is 0 Å². The van der Waals surface area contributed by atoms with Crippen LogP contribution in [0.5, 0.6) is 0 Å². The quantitative estimate of drug-likeness (QED) is 0.617. The summed E-state index contributed by atoms with van der Waals surface area (Å²) in [5, 5.41) is 5.93. The zero-order valence-electron chi connectivity index (χ0n) is 11.3. The lowest BCUT2D eigenvalue weighted by Crippen LogP contribution is -2.42. The van der Waals surface area contributed by atoms with Gasteiger partial charge < -0.3 is 10.6 Å². The summed E-state index contributed by atoms with van der Waals surface area (Å²) in [6.45, 7) is 11.6. The molecule has 2 N–H and O–H groups in total. The first-order chi connectivity index (χ1) is 7.41. The molecule has 0 aliphatic heterocycles. The van der Waals surface area contributed by atoms with Gasteiger partial charge in [-0.25, -0.2) is 0 Å². The summed E-state index contributed by atoms with van der Waals surface area (Å²) >= 11 is 11.6. The Morgan fingerprint density at radius 2 is 1.41 bits per heavy atom. The van der Waals surface area contributed by atoms with E-state index in [1.165, 1.54) is 6.08 Å². The van der Waals surface area contributed by atoms with E-state index in [-0.39, 0.29) is 17.0 Å². The van der Waals surface area contributed by atoms with E-state index in [4.69, 9.17) is 23.2 Å². The molecule has 1 amide bonds. The highest BCUT2D eigenvalue weighted by molar-refractivity contribution is 6.46. The molecule has 0 spiro atoms. The van der Waals surface area contributed by atoms with Gasteiger partial charge in [0.2, 0.25) is 5.91 Å². The minimum atomic E-state index is -0.750. The lowest BCUT2D eigenvalue weighted by molar-refractivity contribution is -0.117. The Kier molecular flexibility index (Phi) is 5.82. The van der Waals surface area contributed by atoms with Crippen molar-refractivity contribution in [1.82, 2.24) is 10.6 Å². The summed E-state index contributed by atoms with van der Waals surface area (Å²) < 4.78 is 0. The highest BCUT2D eigenvalue weighted by Gasteiger charge is 2.18. The summed E-state index contributed by atoms with van der Waals surface area (Å²) in [5.41, 5.74) is 0.0207. The van der Waals surface area contributed by atoms with Gasteiger partial charge >= 0.3 is 0 Å². The van der Waals surface area contributed by atoms with E-state index in [0.29, 0.717) is 5.70 Å². The van der Waals surface area contributed by atoms with Crippen LogP contribution in [0.4, 0.5) is 0 Å². The first kappa shape index (κ1) is 16.6. The molecule has 0 saturated heterocycles. The fraction of sp³-hybridized carbons (Fsp3) is 0.750. The molecule has 3 nitrogen and oxygen atoms in total. The Morgan fingerprint density at radius 1 is 1.00 bits per heavy atom. The van der Waals surface area contributed by atoms with E-state index in [9.17, 15) is 4.79 Å². The molecule has 100 valence electrons. The van der Waals surface area contributed by atoms with Gasteiger partial charge in [-0.2, -0.15) is 0 Å². The maximum Gasteiger partial charge on any atom is 0.246 e. The highest BCUT2D eigenvalue weighted by atomic mass is 35.5. The molecule has 0 aromatic rings. The number of amides is 1. The van der Waals surface area contributed by atoms with Crippen molar-refractivity contribution in [3.63, 3.8) is 0 Å². The number of allylic oxidation sites excluding steroid dienone is 1. The Balaban J connectivity index is 4.77. The molecule has 0 aliphatic carbocycles. The molecule has 0 aromatic heterocycles. The molecule has 0 heterocycles. The smallest absolute Gasteiger partial charge is 0.246 e. The van der Waals surface area contributed by atoms with E-state index in [2.05, 4.69) is 10.6 Å². The van der Waals surface area contributed by atoms with Crippen LogP contribution in [0.25, 0.3) is 0 Å². The number of halogens is 2. The second kappa shape index (κ2) is 5.96. The lowest BCUT2D eigenvalue weighted by Gasteiger charge is -2.25. The SMILES string of the molecule is CC(C)(C)NC(=O)/C=C(/NC(C)(C)C)C(Cl)Cl. The van der Waals surface area contributed by atoms with Gasteiger partial charge in [0.05, 0.1) is 5.70 Å². The first-order valence-corrected chi connectivity index (χ1v) is 6.38. The van der Waals surface area contributed by atoms with Gasteiger partial charge in [-0.3, -0.25) is 4.79 Å². The molecule has 0 bridgehead atoms. The number of nitrogens with one attached hydrogen (secondary N) is 2. The van der Waals surface area contributed by atoms with Crippen molar-refractivity contribution in [3.05, 3.63) is 11.8 Å². The second-order valence-corrected chi connectivity index (χ2v) is 7.11. The molecule has 0 unspecified atom stereocenters. The van der Waals surface area contributed by atoms with Crippen molar-refractivity contribution in [2.45, 2.75) is 57.5 Å². The minimum absolute atomic E-state index is 0.199. The number of hydrogen-bond acceptors (Lipinski definition) is 2. The molecule has 17 heavy (non-hydrogen) atoms. The second-order valence-electron chi connectivity index (χ2n) is 6.01. The molecular formula is C12H22Cl2N2O. The van der Waals surface area contributed by atoms with E-state index < -0.39 is 4.84 Å². The fourth-order valence-corrected chi connectivity index (χ4v) is 1.37. The fourth-order valence-electron chi connectivity index (χ4n) is 1.13. The third-order valence-corrected chi connectivity index (χ3v) is 2.01. The van der Waals surface area contributed by atoms with E-state index in [0.717, 1.165) is 0 Å². The van der Waals surface area contributed by atoms with Gasteiger partial charge in [-0.05, 0) is 41.5 Å². The maximum absolute atomic E-state index is 11.7. The third kappa shape index (κ3) is 9.31. The van der Waals surface area contributed by atoms with Gasteiger partial charge in [-0.15, -0.1) is 0 Å². The zero-order chi connectivity index (χ0) is 13.9. The summed E-state index contributed by atoms with van der Waals surface area (Å²) in [5.74, 6) is -0.212. The van der Waals surface area contributed by atoms with Gasteiger partial charge in [0, 0.05) is 17.2 Å². The Morgan fingerprint density at radius 3 is 1.71 bits per heavy atom. The molecule has 0 rings (SSSR count). The van der Waals surface area contributed by atoms with Crippen molar-refractivity contribution in [2.24, 2.45) is 0 Å². The molecule has 0 aromatic carbocycles. The molecule has 0 radical (unpaired) electrons. The average Bonchev–Trinajstić information content (AvgIpc) is 1.95. The maximum atomic E-state index is 11.7. The van der Waals surface area contributed by atoms with Gasteiger partial charge in [0.25, 0.3) is 0 Å². The number of hydrogen-bond donors (Lipinski definition) is 2. The summed E-state index contributed by atoms with van der Waals surface area (Å²) in [6.07, 6.45) is 1.40. The van der Waals surface area contributed by atoms with Crippen LogP contribution in [0.1, 0.15) is 41.5 Å². The van der Waals surface area contributed by atoms with Crippen molar-refractivity contribution in [3.8, 4) is 0 Å². The predicted octanol–water partition coefficient (Wildman–Crippen LogP) is 2.98. The number of rotatable bonds is 3. The summed E-state index contributed by atoms with van der Waals surface area (Å²) in [7, 11) is 0. The van der Waals surface area contributed by atoms with Crippen LogP contribution >= 0.6 is 23.2 Å². The van der Waals surface area contributed by atoms with Crippen molar-refractivity contribution >= 4 is 29.1 Å². The number of carbonyl (C=O) groups is 1. The molecular weight excluding hydrogens is 259 g/mol. The first-order valence-electron chi connectivity index (χ1n) is 5.51. The van der Waals surface area contributed by atoms with E-state index >= 15 is 0 Å². The Bertz CT molecular complexity index is 299. The molecule has 0 fully saturated rings. The third-order valence-electron chi connectivity index (χ3n) is 1.54. The van der Waals surface area contributed by atoms with Crippen molar-refractivity contribution in [2.75, 3.05) is 0 Å².